The van der Waals surface area contributed by atoms with Gasteiger partial charge in [-0.3, -0.25) is 19.2 Å². The van der Waals surface area contributed by atoms with Gasteiger partial charge in [-0.25, -0.2) is 0 Å². The van der Waals surface area contributed by atoms with Crippen molar-refractivity contribution in [2.24, 2.45) is 23.7 Å². The average molecular weight is 348 g/mol. The van der Waals surface area contributed by atoms with Crippen molar-refractivity contribution in [1.29, 1.82) is 0 Å². The highest BCUT2D eigenvalue weighted by Gasteiger charge is 2.50. The van der Waals surface area contributed by atoms with Crippen LogP contribution in [0.1, 0.15) is 48.0 Å². The molecule has 0 heterocycles. The maximum atomic E-state index is 12.7. The molecule has 0 saturated carbocycles. The summed E-state index contributed by atoms with van der Waals surface area (Å²) >= 11 is 0. The first-order valence-electron chi connectivity index (χ1n) is 8.68. The first kappa shape index (κ1) is 21.2. The molecule has 0 saturated heterocycles. The molecule has 5 heteroatoms. The van der Waals surface area contributed by atoms with Crippen molar-refractivity contribution in [2.45, 2.75) is 53.6 Å². The van der Waals surface area contributed by atoms with E-state index in [1.54, 1.807) is 0 Å². The van der Waals surface area contributed by atoms with Crippen molar-refractivity contribution in [3.8, 4) is 0 Å². The summed E-state index contributed by atoms with van der Waals surface area (Å²) in [6, 6.07) is 0. The second-order valence-electron chi connectivity index (χ2n) is 7.62. The number of hydrogen-bond acceptors (Lipinski definition) is 5. The highest BCUT2D eigenvalue weighted by Crippen LogP contribution is 2.33. The van der Waals surface area contributed by atoms with Crippen LogP contribution < -0.4 is 0 Å². The van der Waals surface area contributed by atoms with Gasteiger partial charge in [-0.05, 0) is 36.3 Å². The van der Waals surface area contributed by atoms with Crippen LogP contribution in [-0.4, -0.2) is 34.3 Å². The molecule has 1 N–H and O–H groups in total. The summed E-state index contributed by atoms with van der Waals surface area (Å²) in [5.41, 5.74) is -1.09. The van der Waals surface area contributed by atoms with Crippen LogP contribution in [0.5, 0.6) is 0 Å². The Morgan fingerprint density at radius 1 is 1.16 bits per heavy atom. The molecule has 138 valence electrons. The van der Waals surface area contributed by atoms with E-state index in [2.05, 4.69) is 0 Å². The van der Waals surface area contributed by atoms with Crippen molar-refractivity contribution >= 4 is 23.6 Å². The lowest BCUT2D eigenvalue weighted by molar-refractivity contribution is -0.154. The van der Waals surface area contributed by atoms with Crippen molar-refractivity contribution in [3.63, 3.8) is 0 Å². The van der Waals surface area contributed by atoms with Gasteiger partial charge in [-0.2, -0.15) is 0 Å². The quantitative estimate of drug-likeness (QED) is 0.330. The van der Waals surface area contributed by atoms with E-state index in [0.717, 1.165) is 5.57 Å². The lowest BCUT2D eigenvalue weighted by Crippen LogP contribution is -2.53. The Hall–Kier alpha value is -1.88. The topological polar surface area (TPSA) is 88.5 Å². The van der Waals surface area contributed by atoms with E-state index >= 15 is 0 Å². The molecule has 1 aliphatic carbocycles. The van der Waals surface area contributed by atoms with Crippen LogP contribution in [0.3, 0.4) is 0 Å². The number of hydrogen-bond donors (Lipinski definition) is 1. The molecule has 0 aromatic rings. The first-order chi connectivity index (χ1) is 11.5. The number of ketones is 3. The molecule has 5 nitrogen and oxygen atoms in total. The third kappa shape index (κ3) is 4.40. The van der Waals surface area contributed by atoms with E-state index < -0.39 is 28.9 Å². The van der Waals surface area contributed by atoms with Crippen molar-refractivity contribution in [3.05, 3.63) is 23.3 Å². The van der Waals surface area contributed by atoms with Gasteiger partial charge in [0.2, 0.25) is 11.6 Å². The van der Waals surface area contributed by atoms with Gasteiger partial charge in [0.1, 0.15) is 0 Å². The molecule has 25 heavy (non-hydrogen) atoms. The number of allylic oxidation sites excluding steroid dienone is 3. The predicted octanol–water partition coefficient (Wildman–Crippen LogP) is 2.46. The number of Topliss-reactive ketones (excluding diaryl/α,β-unsaturated/α-hetero) is 1. The van der Waals surface area contributed by atoms with Crippen molar-refractivity contribution < 1.29 is 24.3 Å². The molecule has 0 amide bonds. The van der Waals surface area contributed by atoms with E-state index in [0.29, 0.717) is 5.57 Å². The van der Waals surface area contributed by atoms with E-state index in [1.807, 2.05) is 41.5 Å². The zero-order valence-corrected chi connectivity index (χ0v) is 15.8. The number of carbonyl (C=O) groups excluding carboxylic acids is 4. The van der Waals surface area contributed by atoms with Gasteiger partial charge in [-0.1, -0.05) is 52.7 Å². The van der Waals surface area contributed by atoms with Gasteiger partial charge < -0.3 is 5.11 Å². The second-order valence-corrected chi connectivity index (χ2v) is 7.62. The fourth-order valence-corrected chi connectivity index (χ4v) is 3.14. The Kier molecular flexibility index (Phi) is 6.77. The summed E-state index contributed by atoms with van der Waals surface area (Å²) in [6.45, 7) is 11.3. The summed E-state index contributed by atoms with van der Waals surface area (Å²) in [6.07, 6.45) is 2.64. The second kappa shape index (κ2) is 8.00. The molecule has 0 spiro atoms. The number of carbonyl (C=O) groups is 4. The Morgan fingerprint density at radius 3 is 2.08 bits per heavy atom. The number of aliphatic hydroxyl groups is 1. The zero-order chi connectivity index (χ0) is 19.5. The molecule has 0 radical (unpaired) electrons. The molecule has 0 aromatic carbocycles. The minimum Gasteiger partial charge on any atom is -0.374 e. The highest BCUT2D eigenvalue weighted by atomic mass is 16.3. The maximum Gasteiger partial charge on any atom is 0.221 e. The molecule has 1 rings (SSSR count). The van der Waals surface area contributed by atoms with Crippen LogP contribution in [0.4, 0.5) is 0 Å². The standard InChI is InChI=1S/C20H28O5/c1-11(2)14-7-16(19(24)17(22)8-14)20(25,10-21)18(23)9-15(12(3)4)13(5)6/h8-13,16,25H,7H2,1-6H3. The van der Waals surface area contributed by atoms with E-state index in [-0.39, 0.29) is 30.5 Å². The monoisotopic (exact) mass is 348 g/mol. The molecule has 2 atom stereocenters. The third-order valence-corrected chi connectivity index (χ3v) is 4.79. The molecular formula is C20H28O5. The van der Waals surface area contributed by atoms with Gasteiger partial charge in [0.05, 0.1) is 5.92 Å². The lowest BCUT2D eigenvalue weighted by atomic mass is 9.71. The van der Waals surface area contributed by atoms with Crippen LogP contribution in [-0.2, 0) is 19.2 Å². The molecule has 0 aromatic heterocycles. The molecule has 0 fully saturated rings. The summed E-state index contributed by atoms with van der Waals surface area (Å²) < 4.78 is 0. The van der Waals surface area contributed by atoms with E-state index in [9.17, 15) is 24.3 Å². The Morgan fingerprint density at radius 2 is 1.68 bits per heavy atom. The zero-order valence-electron chi connectivity index (χ0n) is 15.8. The van der Waals surface area contributed by atoms with Crippen LogP contribution >= 0.6 is 0 Å². The lowest BCUT2D eigenvalue weighted by Gasteiger charge is -2.32. The molecular weight excluding hydrogens is 320 g/mol. The molecule has 2 unspecified atom stereocenters. The fourth-order valence-electron chi connectivity index (χ4n) is 3.14. The minimum absolute atomic E-state index is 0.0236. The molecule has 1 aliphatic rings. The summed E-state index contributed by atoms with van der Waals surface area (Å²) in [7, 11) is 0. The Balaban J connectivity index is 3.34. The number of aldehydes is 1. The summed E-state index contributed by atoms with van der Waals surface area (Å²) in [5.74, 6) is -3.80. The van der Waals surface area contributed by atoms with Crippen LogP contribution in [0.2, 0.25) is 0 Å². The van der Waals surface area contributed by atoms with Gasteiger partial charge >= 0.3 is 0 Å². The SMILES string of the molecule is CC(C)C1=CC(=O)C(=O)C(C(O)(C=O)C(=O)C=C(C(C)C)C(C)C)C1. The van der Waals surface area contributed by atoms with Crippen LogP contribution in [0.25, 0.3) is 0 Å². The van der Waals surface area contributed by atoms with Gasteiger partial charge in [0.15, 0.2) is 17.7 Å². The van der Waals surface area contributed by atoms with Gasteiger partial charge in [-0.15, -0.1) is 0 Å². The third-order valence-electron chi connectivity index (χ3n) is 4.79. The first-order valence-corrected chi connectivity index (χ1v) is 8.68. The highest BCUT2D eigenvalue weighted by molar-refractivity contribution is 6.44. The van der Waals surface area contributed by atoms with E-state index in [4.69, 9.17) is 0 Å². The smallest absolute Gasteiger partial charge is 0.221 e. The largest absolute Gasteiger partial charge is 0.374 e. The van der Waals surface area contributed by atoms with Gasteiger partial charge in [0.25, 0.3) is 0 Å². The van der Waals surface area contributed by atoms with E-state index in [1.165, 1.54) is 12.2 Å². The number of rotatable bonds is 7. The minimum atomic E-state index is -2.52. The summed E-state index contributed by atoms with van der Waals surface area (Å²) in [4.78, 5) is 48.6. The summed E-state index contributed by atoms with van der Waals surface area (Å²) in [5, 5.41) is 10.8. The van der Waals surface area contributed by atoms with Gasteiger partial charge in [0, 0.05) is 0 Å². The Labute approximate surface area is 149 Å². The van der Waals surface area contributed by atoms with Crippen LogP contribution in [0.15, 0.2) is 23.3 Å². The van der Waals surface area contributed by atoms with Crippen molar-refractivity contribution in [2.75, 3.05) is 0 Å². The molecule has 0 aliphatic heterocycles. The molecule has 0 bridgehead atoms. The average Bonchev–Trinajstić information content (AvgIpc) is 2.52. The van der Waals surface area contributed by atoms with Crippen LogP contribution in [0, 0.1) is 23.7 Å². The normalized spacial score (nSPS) is 20.6. The predicted molar refractivity (Wildman–Crippen MR) is 94.8 cm³/mol. The maximum absolute atomic E-state index is 12.7. The fraction of sp³-hybridized carbons (Fsp3) is 0.600. The van der Waals surface area contributed by atoms with Crippen molar-refractivity contribution in [1.82, 2.24) is 0 Å². The Bertz CT molecular complexity index is 626.